The highest BCUT2D eigenvalue weighted by atomic mass is 32.1. The topological polar surface area (TPSA) is 51.2 Å². The molecular formula is C22H28N2O4S. The maximum atomic E-state index is 13.3. The fraction of sp³-hybridized carbons (Fsp3) is 0.500. The molecule has 156 valence electrons. The van der Waals surface area contributed by atoms with E-state index >= 15 is 0 Å². The minimum absolute atomic E-state index is 0.0734. The summed E-state index contributed by atoms with van der Waals surface area (Å²) < 4.78 is 16.4. The molecule has 1 amide bonds. The molecule has 1 fully saturated rings. The average Bonchev–Trinajstić information content (AvgIpc) is 3.30. The van der Waals surface area contributed by atoms with Crippen molar-refractivity contribution in [3.63, 3.8) is 0 Å². The summed E-state index contributed by atoms with van der Waals surface area (Å²) in [6.07, 6.45) is 1.35. The second kappa shape index (κ2) is 9.15. The predicted molar refractivity (Wildman–Crippen MR) is 113 cm³/mol. The van der Waals surface area contributed by atoms with Crippen LogP contribution in [0.5, 0.6) is 11.5 Å². The maximum absolute atomic E-state index is 13.3. The van der Waals surface area contributed by atoms with Gasteiger partial charge in [-0.2, -0.15) is 0 Å². The fourth-order valence-corrected chi connectivity index (χ4v) is 5.04. The largest absolute Gasteiger partial charge is 0.493 e. The van der Waals surface area contributed by atoms with Crippen LogP contribution in [-0.4, -0.2) is 69.3 Å². The number of nitrogens with zero attached hydrogens (tertiary/aromatic N) is 2. The van der Waals surface area contributed by atoms with E-state index in [2.05, 4.69) is 22.4 Å². The van der Waals surface area contributed by atoms with Crippen molar-refractivity contribution in [3.8, 4) is 11.5 Å². The molecule has 4 rings (SSSR count). The Morgan fingerprint density at radius 2 is 1.93 bits per heavy atom. The number of benzene rings is 1. The maximum Gasteiger partial charge on any atom is 0.224 e. The molecule has 0 N–H and O–H groups in total. The van der Waals surface area contributed by atoms with E-state index in [4.69, 9.17) is 14.2 Å². The van der Waals surface area contributed by atoms with Gasteiger partial charge in [-0.1, -0.05) is 6.07 Å². The highest BCUT2D eigenvalue weighted by Gasteiger charge is 2.34. The number of rotatable bonds is 6. The standard InChI is InChI=1S/C22H28N2O4S/c1-26-18-14-16-5-8-24(21(25)6-7-23-9-11-28-12-10-23)22(20-4-3-13-29-20)17(16)15-19(18)27-2/h3-4,13-15,22H,5-12H2,1-2H3/t22-/m0/s1. The number of fused-ring (bicyclic) bond motifs is 1. The molecule has 7 heteroatoms. The Morgan fingerprint density at radius 3 is 2.62 bits per heavy atom. The van der Waals surface area contributed by atoms with Crippen LogP contribution < -0.4 is 9.47 Å². The average molecular weight is 417 g/mol. The third-order valence-electron chi connectivity index (χ3n) is 5.75. The van der Waals surface area contributed by atoms with Crippen LogP contribution >= 0.6 is 11.3 Å². The molecule has 29 heavy (non-hydrogen) atoms. The van der Waals surface area contributed by atoms with E-state index in [1.54, 1.807) is 25.6 Å². The third kappa shape index (κ3) is 4.27. The first-order chi connectivity index (χ1) is 14.2. The number of amides is 1. The van der Waals surface area contributed by atoms with Gasteiger partial charge < -0.3 is 19.1 Å². The van der Waals surface area contributed by atoms with Crippen molar-refractivity contribution >= 4 is 17.2 Å². The number of hydrogen-bond acceptors (Lipinski definition) is 6. The van der Waals surface area contributed by atoms with Crippen molar-refractivity contribution in [1.29, 1.82) is 0 Å². The van der Waals surface area contributed by atoms with Crippen LogP contribution in [0.2, 0.25) is 0 Å². The number of carbonyl (C=O) groups is 1. The van der Waals surface area contributed by atoms with Gasteiger partial charge in [-0.25, -0.2) is 0 Å². The Morgan fingerprint density at radius 1 is 1.17 bits per heavy atom. The molecule has 0 bridgehead atoms. The minimum Gasteiger partial charge on any atom is -0.493 e. The summed E-state index contributed by atoms with van der Waals surface area (Å²) in [5.41, 5.74) is 2.36. The van der Waals surface area contributed by atoms with E-state index in [0.29, 0.717) is 18.7 Å². The zero-order valence-corrected chi connectivity index (χ0v) is 17.9. The van der Waals surface area contributed by atoms with E-state index < -0.39 is 0 Å². The van der Waals surface area contributed by atoms with Crippen molar-refractivity contribution in [3.05, 3.63) is 45.6 Å². The monoisotopic (exact) mass is 416 g/mol. The molecule has 6 nitrogen and oxygen atoms in total. The van der Waals surface area contributed by atoms with Crippen LogP contribution in [0.15, 0.2) is 29.6 Å². The zero-order valence-electron chi connectivity index (χ0n) is 17.1. The molecule has 0 radical (unpaired) electrons. The summed E-state index contributed by atoms with van der Waals surface area (Å²) in [5, 5.41) is 2.07. The number of carbonyl (C=O) groups excluding carboxylic acids is 1. The molecule has 0 saturated carbocycles. The van der Waals surface area contributed by atoms with Gasteiger partial charge in [-0.3, -0.25) is 9.69 Å². The lowest BCUT2D eigenvalue weighted by atomic mass is 9.90. The summed E-state index contributed by atoms with van der Waals surface area (Å²) in [7, 11) is 3.31. The van der Waals surface area contributed by atoms with Crippen molar-refractivity contribution in [1.82, 2.24) is 9.80 Å². The number of thiophene rings is 1. The van der Waals surface area contributed by atoms with E-state index in [1.165, 1.54) is 10.4 Å². The number of ether oxygens (including phenoxy) is 3. The third-order valence-corrected chi connectivity index (χ3v) is 6.68. The first kappa shape index (κ1) is 20.2. The van der Waals surface area contributed by atoms with Gasteiger partial charge in [0.15, 0.2) is 11.5 Å². The Labute approximate surface area is 176 Å². The van der Waals surface area contributed by atoms with Gasteiger partial charge in [0.2, 0.25) is 5.91 Å². The molecule has 3 heterocycles. The van der Waals surface area contributed by atoms with Crippen molar-refractivity contribution in [2.75, 3.05) is 53.6 Å². The van der Waals surface area contributed by atoms with Gasteiger partial charge in [-0.05, 0) is 41.1 Å². The Bertz CT molecular complexity index is 834. The molecule has 1 aromatic carbocycles. The van der Waals surface area contributed by atoms with Crippen molar-refractivity contribution in [2.45, 2.75) is 18.9 Å². The quantitative estimate of drug-likeness (QED) is 0.725. The molecule has 1 aromatic heterocycles. The normalized spacial score (nSPS) is 19.7. The van der Waals surface area contributed by atoms with E-state index in [0.717, 1.165) is 50.6 Å². The van der Waals surface area contributed by atoms with Crippen LogP contribution in [0.25, 0.3) is 0 Å². The van der Waals surface area contributed by atoms with E-state index in [1.807, 2.05) is 17.0 Å². The van der Waals surface area contributed by atoms with Crippen LogP contribution in [-0.2, 0) is 16.0 Å². The summed E-state index contributed by atoms with van der Waals surface area (Å²) >= 11 is 1.69. The second-order valence-corrected chi connectivity index (χ2v) is 8.34. The van der Waals surface area contributed by atoms with Crippen LogP contribution in [0.1, 0.15) is 28.5 Å². The predicted octanol–water partition coefficient (Wildman–Crippen LogP) is 2.96. The van der Waals surface area contributed by atoms with Gasteiger partial charge in [0.05, 0.1) is 33.5 Å². The molecule has 1 saturated heterocycles. The molecule has 2 aliphatic rings. The number of methoxy groups -OCH3 is 2. The van der Waals surface area contributed by atoms with Crippen LogP contribution in [0.4, 0.5) is 0 Å². The summed E-state index contributed by atoms with van der Waals surface area (Å²) in [5.74, 6) is 1.65. The van der Waals surface area contributed by atoms with E-state index in [-0.39, 0.29) is 11.9 Å². The lowest BCUT2D eigenvalue weighted by Gasteiger charge is -2.38. The van der Waals surface area contributed by atoms with Gasteiger partial charge in [0.25, 0.3) is 0 Å². The van der Waals surface area contributed by atoms with Gasteiger partial charge in [0.1, 0.15) is 0 Å². The van der Waals surface area contributed by atoms with Gasteiger partial charge in [0, 0.05) is 37.5 Å². The number of morpholine rings is 1. The van der Waals surface area contributed by atoms with Crippen LogP contribution in [0.3, 0.4) is 0 Å². The molecule has 0 unspecified atom stereocenters. The molecule has 0 spiro atoms. The molecule has 2 aliphatic heterocycles. The smallest absolute Gasteiger partial charge is 0.224 e. The highest BCUT2D eigenvalue weighted by molar-refractivity contribution is 7.10. The molecular weight excluding hydrogens is 388 g/mol. The second-order valence-electron chi connectivity index (χ2n) is 7.37. The SMILES string of the molecule is COc1cc2c(cc1OC)[C@@H](c1cccs1)N(C(=O)CCN1CCOCC1)CC2. The van der Waals surface area contributed by atoms with Crippen LogP contribution in [0, 0.1) is 0 Å². The molecule has 0 aliphatic carbocycles. The lowest BCUT2D eigenvalue weighted by molar-refractivity contribution is -0.133. The van der Waals surface area contributed by atoms with Crippen molar-refractivity contribution in [2.24, 2.45) is 0 Å². The first-order valence-corrected chi connectivity index (χ1v) is 11.0. The zero-order chi connectivity index (χ0) is 20.2. The minimum atomic E-state index is -0.0734. The van der Waals surface area contributed by atoms with Gasteiger partial charge >= 0.3 is 0 Å². The van der Waals surface area contributed by atoms with Crippen molar-refractivity contribution < 1.29 is 19.0 Å². The first-order valence-electron chi connectivity index (χ1n) is 10.1. The molecule has 2 aromatic rings. The Kier molecular flexibility index (Phi) is 6.37. The molecule has 1 atom stereocenters. The Hall–Kier alpha value is -2.09. The number of hydrogen-bond donors (Lipinski definition) is 0. The highest BCUT2D eigenvalue weighted by Crippen LogP contribution is 2.42. The van der Waals surface area contributed by atoms with E-state index in [9.17, 15) is 4.79 Å². The summed E-state index contributed by atoms with van der Waals surface area (Å²) in [6, 6.07) is 8.19. The lowest BCUT2D eigenvalue weighted by Crippen LogP contribution is -2.43. The summed E-state index contributed by atoms with van der Waals surface area (Å²) in [6.45, 7) is 4.82. The van der Waals surface area contributed by atoms with Gasteiger partial charge in [-0.15, -0.1) is 11.3 Å². The fourth-order valence-electron chi connectivity index (χ4n) is 4.19. The Balaban J connectivity index is 1.60. The summed E-state index contributed by atoms with van der Waals surface area (Å²) in [4.78, 5) is 18.8.